The van der Waals surface area contributed by atoms with Gasteiger partial charge >= 0.3 is 5.97 Å². The fraction of sp³-hybridized carbons (Fsp3) is 0.800. The van der Waals surface area contributed by atoms with Crippen LogP contribution in [0.4, 0.5) is 0 Å². The fourth-order valence-corrected chi connectivity index (χ4v) is 1.87. The Hall–Kier alpha value is -0.830. The van der Waals surface area contributed by atoms with Crippen molar-refractivity contribution in [1.29, 1.82) is 0 Å². The molecule has 3 heteroatoms. The molecule has 106 valence electrons. The number of esters is 1. The van der Waals surface area contributed by atoms with E-state index in [0.717, 1.165) is 0 Å². The smallest absolute Gasteiger partial charge is 0.312 e. The highest BCUT2D eigenvalue weighted by molar-refractivity contribution is 5.74. The van der Waals surface area contributed by atoms with Crippen LogP contribution < -0.4 is 0 Å². The molecular formula is C15H28O3. The molecule has 0 aromatic heterocycles. The maximum absolute atomic E-state index is 12.1. The highest BCUT2D eigenvalue weighted by atomic mass is 16.6. The minimum Gasteiger partial charge on any atom is -0.460 e. The molecule has 0 heterocycles. The summed E-state index contributed by atoms with van der Waals surface area (Å²) < 4.78 is 5.35. The van der Waals surface area contributed by atoms with Crippen LogP contribution in [0.25, 0.3) is 0 Å². The van der Waals surface area contributed by atoms with Crippen molar-refractivity contribution in [1.82, 2.24) is 0 Å². The van der Waals surface area contributed by atoms with Crippen LogP contribution in [0, 0.1) is 11.3 Å². The lowest BCUT2D eigenvalue weighted by Gasteiger charge is -2.42. The molecule has 0 spiro atoms. The average Bonchev–Trinajstić information content (AvgIpc) is 2.12. The van der Waals surface area contributed by atoms with Crippen molar-refractivity contribution in [3.63, 3.8) is 0 Å². The summed E-state index contributed by atoms with van der Waals surface area (Å²) in [7, 11) is 0. The molecule has 3 nitrogen and oxygen atoms in total. The molecule has 0 saturated carbocycles. The Kier molecular flexibility index (Phi) is 5.18. The van der Waals surface area contributed by atoms with E-state index in [0.29, 0.717) is 0 Å². The summed E-state index contributed by atoms with van der Waals surface area (Å²) in [6, 6.07) is 0. The van der Waals surface area contributed by atoms with Gasteiger partial charge in [-0.15, -0.1) is 0 Å². The SMILES string of the molecule is C/C=C/C(O)(C(C)C(=O)OC(C)(C)C)C(C)(C)C. The van der Waals surface area contributed by atoms with Gasteiger partial charge in [-0.05, 0) is 40.0 Å². The first-order valence-corrected chi connectivity index (χ1v) is 6.44. The van der Waals surface area contributed by atoms with E-state index in [4.69, 9.17) is 4.74 Å². The van der Waals surface area contributed by atoms with Crippen LogP contribution in [-0.4, -0.2) is 22.3 Å². The molecule has 0 amide bonds. The standard InChI is InChI=1S/C15H28O3/c1-9-10-15(17,13(3,4)5)11(2)12(16)18-14(6,7)8/h9-11,17H,1-8H3/b10-9+. The highest BCUT2D eigenvalue weighted by Gasteiger charge is 2.46. The molecule has 18 heavy (non-hydrogen) atoms. The molecule has 0 aliphatic rings. The third-order valence-corrected chi connectivity index (χ3v) is 3.04. The van der Waals surface area contributed by atoms with Gasteiger partial charge in [0, 0.05) is 0 Å². The van der Waals surface area contributed by atoms with Crippen molar-refractivity contribution in [3.8, 4) is 0 Å². The lowest BCUT2D eigenvalue weighted by molar-refractivity contribution is -0.172. The Bertz CT molecular complexity index is 318. The summed E-state index contributed by atoms with van der Waals surface area (Å²) in [6.07, 6.45) is 3.45. The van der Waals surface area contributed by atoms with Gasteiger partial charge in [-0.1, -0.05) is 32.9 Å². The van der Waals surface area contributed by atoms with Crippen molar-refractivity contribution >= 4 is 5.97 Å². The molecule has 2 atom stereocenters. The largest absolute Gasteiger partial charge is 0.460 e. The van der Waals surface area contributed by atoms with Crippen molar-refractivity contribution in [2.45, 2.75) is 66.6 Å². The first-order chi connectivity index (χ1) is 7.85. The predicted molar refractivity (Wildman–Crippen MR) is 74.2 cm³/mol. The van der Waals surface area contributed by atoms with Gasteiger partial charge in [0.25, 0.3) is 0 Å². The number of allylic oxidation sites excluding steroid dienone is 1. The summed E-state index contributed by atoms with van der Waals surface area (Å²) in [5, 5.41) is 10.8. The van der Waals surface area contributed by atoms with E-state index in [2.05, 4.69) is 0 Å². The lowest BCUT2D eigenvalue weighted by atomic mass is 9.69. The summed E-state index contributed by atoms with van der Waals surface area (Å²) in [6.45, 7) is 14.7. The number of carbonyl (C=O) groups excluding carboxylic acids is 1. The lowest BCUT2D eigenvalue weighted by Crippen LogP contribution is -2.50. The summed E-state index contributed by atoms with van der Waals surface area (Å²) in [5.41, 5.74) is -2.21. The zero-order chi connectivity index (χ0) is 14.8. The van der Waals surface area contributed by atoms with Gasteiger partial charge in [-0.25, -0.2) is 0 Å². The normalized spacial score (nSPS) is 18.5. The Balaban J connectivity index is 5.24. The number of rotatable bonds is 3. The van der Waals surface area contributed by atoms with Gasteiger partial charge < -0.3 is 9.84 Å². The Morgan fingerprint density at radius 2 is 1.61 bits per heavy atom. The van der Waals surface area contributed by atoms with E-state index in [1.165, 1.54) is 0 Å². The van der Waals surface area contributed by atoms with Crippen LogP contribution in [0.2, 0.25) is 0 Å². The molecule has 0 bridgehead atoms. The van der Waals surface area contributed by atoms with Crippen molar-refractivity contribution < 1.29 is 14.6 Å². The van der Waals surface area contributed by atoms with Gasteiger partial charge in [0.05, 0.1) is 5.92 Å². The first kappa shape index (κ1) is 17.2. The second-order valence-corrected chi connectivity index (χ2v) is 6.83. The molecule has 1 N–H and O–H groups in total. The molecule has 0 aliphatic carbocycles. The van der Waals surface area contributed by atoms with Crippen LogP contribution in [0.15, 0.2) is 12.2 Å². The van der Waals surface area contributed by atoms with Crippen LogP contribution in [0.5, 0.6) is 0 Å². The third kappa shape index (κ3) is 4.13. The molecule has 0 radical (unpaired) electrons. The maximum Gasteiger partial charge on any atom is 0.312 e. The minimum atomic E-state index is -1.22. The molecule has 0 rings (SSSR count). The zero-order valence-electron chi connectivity index (χ0n) is 13.0. The van der Waals surface area contributed by atoms with E-state index in [1.54, 1.807) is 19.1 Å². The average molecular weight is 256 g/mol. The fourth-order valence-electron chi connectivity index (χ4n) is 1.87. The van der Waals surface area contributed by atoms with E-state index in [1.807, 2.05) is 48.5 Å². The molecule has 0 aromatic carbocycles. The maximum atomic E-state index is 12.1. The Labute approximate surface area is 111 Å². The number of aliphatic hydroxyl groups is 1. The summed E-state index contributed by atoms with van der Waals surface area (Å²) in [5.74, 6) is -0.994. The van der Waals surface area contributed by atoms with Crippen LogP contribution >= 0.6 is 0 Å². The van der Waals surface area contributed by atoms with E-state index >= 15 is 0 Å². The zero-order valence-corrected chi connectivity index (χ0v) is 13.0. The summed E-state index contributed by atoms with van der Waals surface area (Å²) >= 11 is 0. The number of hydrogen-bond donors (Lipinski definition) is 1. The molecule has 0 fully saturated rings. The Morgan fingerprint density at radius 3 is 1.89 bits per heavy atom. The number of ether oxygens (including phenoxy) is 1. The van der Waals surface area contributed by atoms with Gasteiger partial charge in [-0.3, -0.25) is 4.79 Å². The van der Waals surface area contributed by atoms with Crippen LogP contribution in [0.1, 0.15) is 55.4 Å². The Morgan fingerprint density at radius 1 is 1.17 bits per heavy atom. The molecule has 0 saturated heterocycles. The van der Waals surface area contributed by atoms with E-state index in [9.17, 15) is 9.90 Å². The second-order valence-electron chi connectivity index (χ2n) is 6.83. The minimum absolute atomic E-state index is 0.377. The topological polar surface area (TPSA) is 46.5 Å². The monoisotopic (exact) mass is 256 g/mol. The van der Waals surface area contributed by atoms with E-state index in [-0.39, 0.29) is 5.97 Å². The van der Waals surface area contributed by atoms with Crippen LogP contribution in [0.3, 0.4) is 0 Å². The van der Waals surface area contributed by atoms with Crippen LogP contribution in [-0.2, 0) is 9.53 Å². The van der Waals surface area contributed by atoms with Gasteiger partial charge in [-0.2, -0.15) is 0 Å². The van der Waals surface area contributed by atoms with Crippen molar-refractivity contribution in [2.75, 3.05) is 0 Å². The number of carbonyl (C=O) groups is 1. The van der Waals surface area contributed by atoms with Gasteiger partial charge in [0.2, 0.25) is 0 Å². The molecular weight excluding hydrogens is 228 g/mol. The molecule has 2 unspecified atom stereocenters. The van der Waals surface area contributed by atoms with Gasteiger partial charge in [0.1, 0.15) is 11.2 Å². The quantitative estimate of drug-likeness (QED) is 0.622. The molecule has 0 aliphatic heterocycles. The summed E-state index contributed by atoms with van der Waals surface area (Å²) in [4.78, 5) is 12.1. The second kappa shape index (κ2) is 5.43. The molecule has 0 aromatic rings. The van der Waals surface area contributed by atoms with Gasteiger partial charge in [0.15, 0.2) is 0 Å². The first-order valence-electron chi connectivity index (χ1n) is 6.44. The van der Waals surface area contributed by atoms with E-state index < -0.39 is 22.5 Å². The number of hydrogen-bond acceptors (Lipinski definition) is 3. The predicted octanol–water partition coefficient (Wildman–Crippen LogP) is 3.32. The highest BCUT2D eigenvalue weighted by Crippen LogP contribution is 2.38. The van der Waals surface area contributed by atoms with Crippen molar-refractivity contribution in [3.05, 3.63) is 12.2 Å². The van der Waals surface area contributed by atoms with Crippen molar-refractivity contribution in [2.24, 2.45) is 11.3 Å². The third-order valence-electron chi connectivity index (χ3n) is 3.04.